The highest BCUT2D eigenvalue weighted by atomic mass is 32.2. The smallest absolute Gasteiger partial charge is 0.265 e. The second-order valence-electron chi connectivity index (χ2n) is 6.61. The fourth-order valence-corrected chi connectivity index (χ4v) is 4.15. The largest absolute Gasteiger partial charge is 0.480 e. The van der Waals surface area contributed by atoms with Crippen LogP contribution in [0, 0.1) is 0 Å². The molecular weight excluding hydrogens is 364 g/mol. The third kappa shape index (κ3) is 4.31. The molecule has 144 valence electrons. The van der Waals surface area contributed by atoms with Gasteiger partial charge in [-0.2, -0.15) is 0 Å². The van der Waals surface area contributed by atoms with Crippen molar-refractivity contribution in [2.24, 2.45) is 0 Å². The average molecular weight is 388 g/mol. The number of benzene rings is 2. The first kappa shape index (κ1) is 19.4. The Morgan fingerprint density at radius 1 is 1.19 bits per heavy atom. The predicted octanol–water partition coefficient (Wildman–Crippen LogP) is 3.05. The molecule has 0 saturated carbocycles. The zero-order valence-electron chi connectivity index (χ0n) is 15.5. The van der Waals surface area contributed by atoms with Crippen LogP contribution in [0.3, 0.4) is 0 Å². The lowest BCUT2D eigenvalue weighted by Crippen LogP contribution is -2.31. The van der Waals surface area contributed by atoms with E-state index >= 15 is 0 Å². The predicted molar refractivity (Wildman–Crippen MR) is 104 cm³/mol. The van der Waals surface area contributed by atoms with E-state index in [2.05, 4.69) is 5.32 Å². The summed E-state index contributed by atoms with van der Waals surface area (Å²) in [5.74, 6) is 0.482. The van der Waals surface area contributed by atoms with Crippen molar-refractivity contribution in [1.82, 2.24) is 4.31 Å². The van der Waals surface area contributed by atoms with Crippen molar-refractivity contribution in [2.45, 2.75) is 37.2 Å². The van der Waals surface area contributed by atoms with Crippen LogP contribution in [-0.4, -0.2) is 38.3 Å². The molecule has 0 fully saturated rings. The summed E-state index contributed by atoms with van der Waals surface area (Å²) < 4.78 is 32.1. The molecule has 27 heavy (non-hydrogen) atoms. The molecule has 6 nitrogen and oxygen atoms in total. The van der Waals surface area contributed by atoms with Crippen LogP contribution >= 0.6 is 0 Å². The number of nitrogens with zero attached hydrogens (tertiary/aromatic N) is 1. The third-order valence-electron chi connectivity index (χ3n) is 4.60. The van der Waals surface area contributed by atoms with Crippen LogP contribution in [0.1, 0.15) is 25.3 Å². The lowest BCUT2D eigenvalue weighted by molar-refractivity contribution is -0.122. The summed E-state index contributed by atoms with van der Waals surface area (Å²) in [5.41, 5.74) is 1.55. The van der Waals surface area contributed by atoms with Crippen molar-refractivity contribution >= 4 is 21.6 Å². The SMILES string of the molecule is CCCCN(C)S(=O)(=O)c1ccc(NC(=O)[C@H]2Cc3ccccc3O2)cc1. The van der Waals surface area contributed by atoms with E-state index < -0.39 is 16.1 Å². The van der Waals surface area contributed by atoms with Crippen LogP contribution in [0.15, 0.2) is 53.4 Å². The summed E-state index contributed by atoms with van der Waals surface area (Å²) in [6.07, 6.45) is 1.69. The first-order valence-electron chi connectivity index (χ1n) is 9.03. The van der Waals surface area contributed by atoms with Gasteiger partial charge >= 0.3 is 0 Å². The number of carbonyl (C=O) groups excluding carboxylic acids is 1. The molecule has 1 heterocycles. The lowest BCUT2D eigenvalue weighted by atomic mass is 10.1. The molecule has 2 aromatic carbocycles. The van der Waals surface area contributed by atoms with E-state index in [9.17, 15) is 13.2 Å². The van der Waals surface area contributed by atoms with E-state index in [0.29, 0.717) is 18.7 Å². The number of para-hydroxylation sites is 1. The van der Waals surface area contributed by atoms with E-state index in [1.807, 2.05) is 31.2 Å². The molecule has 1 aliphatic heterocycles. The Labute approximate surface area is 160 Å². The number of hydrogen-bond donors (Lipinski definition) is 1. The van der Waals surface area contributed by atoms with Crippen LogP contribution in [0.4, 0.5) is 5.69 Å². The molecule has 1 amide bonds. The lowest BCUT2D eigenvalue weighted by Gasteiger charge is -2.17. The Morgan fingerprint density at radius 3 is 2.56 bits per heavy atom. The second kappa shape index (κ2) is 8.10. The standard InChI is InChI=1S/C20H24N2O4S/c1-3-4-13-22(2)27(24,25)17-11-9-16(10-12-17)21-20(23)19-14-15-7-5-6-8-18(15)26-19/h5-12,19H,3-4,13-14H2,1-2H3,(H,21,23)/t19-/m1/s1. The maximum atomic E-state index is 12.5. The van der Waals surface area contributed by atoms with Crippen LogP contribution in [-0.2, 0) is 21.2 Å². The fourth-order valence-electron chi connectivity index (χ4n) is 2.94. The molecule has 0 saturated heterocycles. The highest BCUT2D eigenvalue weighted by Gasteiger charge is 2.29. The first-order valence-corrected chi connectivity index (χ1v) is 10.5. The van der Waals surface area contributed by atoms with Gasteiger partial charge in [0.15, 0.2) is 6.10 Å². The highest BCUT2D eigenvalue weighted by Crippen LogP contribution is 2.28. The Morgan fingerprint density at radius 2 is 1.89 bits per heavy atom. The molecule has 0 unspecified atom stereocenters. The topological polar surface area (TPSA) is 75.7 Å². The van der Waals surface area contributed by atoms with Gasteiger partial charge in [0, 0.05) is 25.7 Å². The molecule has 0 bridgehead atoms. The molecule has 0 aliphatic carbocycles. The molecule has 3 rings (SSSR count). The Balaban J connectivity index is 1.63. The van der Waals surface area contributed by atoms with Gasteiger partial charge in [-0.15, -0.1) is 0 Å². The molecule has 1 N–H and O–H groups in total. The second-order valence-corrected chi connectivity index (χ2v) is 8.66. The molecule has 0 spiro atoms. The Hall–Kier alpha value is -2.38. The van der Waals surface area contributed by atoms with E-state index in [1.165, 1.54) is 16.4 Å². The van der Waals surface area contributed by atoms with Crippen molar-refractivity contribution in [3.63, 3.8) is 0 Å². The normalized spacial score (nSPS) is 16.0. The van der Waals surface area contributed by atoms with Gasteiger partial charge < -0.3 is 10.1 Å². The average Bonchev–Trinajstić information content (AvgIpc) is 3.11. The van der Waals surface area contributed by atoms with Crippen molar-refractivity contribution < 1.29 is 17.9 Å². The molecule has 0 aromatic heterocycles. The minimum absolute atomic E-state index is 0.212. The summed E-state index contributed by atoms with van der Waals surface area (Å²) in [5, 5.41) is 2.79. The summed E-state index contributed by atoms with van der Waals surface area (Å²) in [4.78, 5) is 12.6. The minimum atomic E-state index is -3.51. The van der Waals surface area contributed by atoms with Gasteiger partial charge in [0.1, 0.15) is 5.75 Å². The fraction of sp³-hybridized carbons (Fsp3) is 0.350. The summed E-state index contributed by atoms with van der Waals surface area (Å²) >= 11 is 0. The van der Waals surface area contributed by atoms with E-state index in [-0.39, 0.29) is 10.8 Å². The van der Waals surface area contributed by atoms with Gasteiger partial charge in [-0.05, 0) is 42.3 Å². The van der Waals surface area contributed by atoms with Gasteiger partial charge in [-0.1, -0.05) is 31.5 Å². The summed E-state index contributed by atoms with van der Waals surface area (Å²) in [6.45, 7) is 2.50. The number of carbonyl (C=O) groups is 1. The van der Waals surface area contributed by atoms with Gasteiger partial charge in [0.05, 0.1) is 4.90 Å². The van der Waals surface area contributed by atoms with Crippen LogP contribution in [0.5, 0.6) is 5.75 Å². The third-order valence-corrected chi connectivity index (χ3v) is 6.47. The first-order chi connectivity index (χ1) is 12.9. The Kier molecular flexibility index (Phi) is 5.82. The molecule has 0 radical (unpaired) electrons. The quantitative estimate of drug-likeness (QED) is 0.791. The van der Waals surface area contributed by atoms with Gasteiger partial charge in [0.2, 0.25) is 10.0 Å². The number of nitrogens with one attached hydrogen (secondary N) is 1. The maximum Gasteiger partial charge on any atom is 0.265 e. The number of hydrogen-bond acceptors (Lipinski definition) is 4. The zero-order valence-corrected chi connectivity index (χ0v) is 16.3. The van der Waals surface area contributed by atoms with Gasteiger partial charge in [-0.25, -0.2) is 12.7 Å². The van der Waals surface area contributed by atoms with Gasteiger partial charge in [-0.3, -0.25) is 4.79 Å². The van der Waals surface area contributed by atoms with Crippen LogP contribution < -0.4 is 10.1 Å². The highest BCUT2D eigenvalue weighted by molar-refractivity contribution is 7.89. The number of unbranched alkanes of at least 4 members (excludes halogenated alkanes) is 1. The van der Waals surface area contributed by atoms with Crippen molar-refractivity contribution in [3.05, 3.63) is 54.1 Å². The number of ether oxygens (including phenoxy) is 1. The number of anilines is 1. The minimum Gasteiger partial charge on any atom is -0.480 e. The maximum absolute atomic E-state index is 12.5. The van der Waals surface area contributed by atoms with Crippen LogP contribution in [0.25, 0.3) is 0 Å². The number of sulfonamides is 1. The van der Waals surface area contributed by atoms with Crippen molar-refractivity contribution in [3.8, 4) is 5.75 Å². The van der Waals surface area contributed by atoms with E-state index in [4.69, 9.17) is 4.74 Å². The monoisotopic (exact) mass is 388 g/mol. The molecule has 1 aliphatic rings. The molecular formula is C20H24N2O4S. The van der Waals surface area contributed by atoms with E-state index in [1.54, 1.807) is 19.2 Å². The summed E-state index contributed by atoms with van der Waals surface area (Å²) in [7, 11) is -1.93. The van der Waals surface area contributed by atoms with Crippen LogP contribution in [0.2, 0.25) is 0 Å². The number of amides is 1. The van der Waals surface area contributed by atoms with Gasteiger partial charge in [0.25, 0.3) is 5.91 Å². The van der Waals surface area contributed by atoms with Crippen molar-refractivity contribution in [1.29, 1.82) is 0 Å². The molecule has 7 heteroatoms. The zero-order chi connectivity index (χ0) is 19.4. The number of fused-ring (bicyclic) bond motifs is 1. The molecule has 2 aromatic rings. The molecule has 1 atom stereocenters. The number of rotatable bonds is 7. The summed E-state index contributed by atoms with van der Waals surface area (Å²) in [6, 6.07) is 13.8. The Bertz CT molecular complexity index is 885. The van der Waals surface area contributed by atoms with Crippen molar-refractivity contribution in [2.75, 3.05) is 18.9 Å². The van der Waals surface area contributed by atoms with E-state index in [0.717, 1.165) is 24.2 Å².